The Bertz CT molecular complexity index is 608. The minimum Gasteiger partial charge on any atom is -0.317 e. The summed E-state index contributed by atoms with van der Waals surface area (Å²) in [6, 6.07) is 0. The van der Waals surface area contributed by atoms with E-state index in [2.05, 4.69) is 20.3 Å². The minimum absolute atomic E-state index is 0.790. The van der Waals surface area contributed by atoms with Crippen molar-refractivity contribution < 1.29 is 0 Å². The second kappa shape index (κ2) is 2.88. The van der Waals surface area contributed by atoms with Gasteiger partial charge < -0.3 is 4.57 Å². The fraction of sp³-hybridized carbons (Fsp3) is 0.111. The molecule has 3 rings (SSSR count). The standard InChI is InChI=1S/C9H8N6/c1-14-6-11-13-9(14)7-4-12-15-3-2-10-5-8(7)15/h2-6H,1H3. The molecule has 6 nitrogen and oxygen atoms in total. The van der Waals surface area contributed by atoms with E-state index in [1.165, 1.54) is 0 Å². The molecule has 0 atom stereocenters. The molecule has 15 heavy (non-hydrogen) atoms. The molecule has 0 aromatic carbocycles. The van der Waals surface area contributed by atoms with Gasteiger partial charge in [-0.15, -0.1) is 10.2 Å². The molecule has 0 fully saturated rings. The Balaban J connectivity index is 2.32. The number of fused-ring (bicyclic) bond motifs is 1. The second-order valence-electron chi connectivity index (χ2n) is 3.23. The molecule has 3 heterocycles. The molecular weight excluding hydrogens is 192 g/mol. The van der Waals surface area contributed by atoms with Crippen LogP contribution in [-0.4, -0.2) is 29.4 Å². The Labute approximate surface area is 85.2 Å². The van der Waals surface area contributed by atoms with E-state index in [0.717, 1.165) is 16.9 Å². The summed E-state index contributed by atoms with van der Waals surface area (Å²) in [6.45, 7) is 0. The summed E-state index contributed by atoms with van der Waals surface area (Å²) in [5, 5.41) is 12.1. The molecule has 3 aromatic rings. The van der Waals surface area contributed by atoms with E-state index in [9.17, 15) is 0 Å². The van der Waals surface area contributed by atoms with Crippen LogP contribution in [0.2, 0.25) is 0 Å². The molecule has 0 spiro atoms. The van der Waals surface area contributed by atoms with Crippen LogP contribution in [0.5, 0.6) is 0 Å². The summed E-state index contributed by atoms with van der Waals surface area (Å²) in [7, 11) is 1.90. The van der Waals surface area contributed by atoms with Crippen LogP contribution in [0.4, 0.5) is 0 Å². The molecule has 3 aromatic heterocycles. The first-order valence-electron chi connectivity index (χ1n) is 4.48. The predicted octanol–water partition coefficient (Wildman–Crippen LogP) is 0.525. The van der Waals surface area contributed by atoms with Gasteiger partial charge >= 0.3 is 0 Å². The van der Waals surface area contributed by atoms with Crippen molar-refractivity contribution in [2.75, 3.05) is 0 Å². The highest BCUT2D eigenvalue weighted by Gasteiger charge is 2.10. The molecular formula is C9H8N6. The van der Waals surface area contributed by atoms with Crippen molar-refractivity contribution in [2.45, 2.75) is 0 Å². The van der Waals surface area contributed by atoms with Gasteiger partial charge in [-0.2, -0.15) is 5.10 Å². The van der Waals surface area contributed by atoms with Gasteiger partial charge in [0.1, 0.15) is 6.33 Å². The van der Waals surface area contributed by atoms with Gasteiger partial charge in [0.15, 0.2) is 5.82 Å². The van der Waals surface area contributed by atoms with Crippen molar-refractivity contribution in [3.63, 3.8) is 0 Å². The topological polar surface area (TPSA) is 60.9 Å². The normalized spacial score (nSPS) is 11.0. The van der Waals surface area contributed by atoms with Gasteiger partial charge in [0.2, 0.25) is 0 Å². The van der Waals surface area contributed by atoms with Crippen molar-refractivity contribution >= 4 is 5.52 Å². The van der Waals surface area contributed by atoms with Gasteiger partial charge in [-0.05, 0) is 0 Å². The first-order chi connectivity index (χ1) is 7.36. The monoisotopic (exact) mass is 200 g/mol. The van der Waals surface area contributed by atoms with Crippen LogP contribution in [0, 0.1) is 0 Å². The third-order valence-electron chi connectivity index (χ3n) is 2.28. The smallest absolute Gasteiger partial charge is 0.167 e. The van der Waals surface area contributed by atoms with Crippen LogP contribution in [-0.2, 0) is 7.05 Å². The first-order valence-corrected chi connectivity index (χ1v) is 4.48. The molecule has 0 radical (unpaired) electrons. The van der Waals surface area contributed by atoms with E-state index >= 15 is 0 Å². The number of nitrogens with zero attached hydrogens (tertiary/aromatic N) is 6. The molecule has 0 saturated heterocycles. The highest BCUT2D eigenvalue weighted by atomic mass is 15.3. The highest BCUT2D eigenvalue weighted by molar-refractivity contribution is 5.74. The van der Waals surface area contributed by atoms with Crippen LogP contribution in [0.25, 0.3) is 16.9 Å². The molecule has 0 bridgehead atoms. The lowest BCUT2D eigenvalue weighted by molar-refractivity contribution is 0.920. The predicted molar refractivity (Wildman–Crippen MR) is 53.0 cm³/mol. The number of aryl methyl sites for hydroxylation is 1. The number of rotatable bonds is 1. The Morgan fingerprint density at radius 3 is 3.00 bits per heavy atom. The first kappa shape index (κ1) is 8.10. The van der Waals surface area contributed by atoms with Crippen LogP contribution in [0.3, 0.4) is 0 Å². The van der Waals surface area contributed by atoms with Crippen molar-refractivity contribution in [3.05, 3.63) is 31.1 Å². The maximum absolute atomic E-state index is 4.21. The molecule has 0 aliphatic heterocycles. The highest BCUT2D eigenvalue weighted by Crippen LogP contribution is 2.20. The molecule has 0 saturated carbocycles. The number of aromatic nitrogens is 6. The zero-order valence-corrected chi connectivity index (χ0v) is 8.07. The minimum atomic E-state index is 0.790. The lowest BCUT2D eigenvalue weighted by Gasteiger charge is -1.96. The maximum Gasteiger partial charge on any atom is 0.167 e. The van der Waals surface area contributed by atoms with Gasteiger partial charge in [-0.25, -0.2) is 4.52 Å². The zero-order valence-electron chi connectivity index (χ0n) is 8.07. The number of hydrogen-bond acceptors (Lipinski definition) is 4. The van der Waals surface area contributed by atoms with E-state index < -0.39 is 0 Å². The van der Waals surface area contributed by atoms with Gasteiger partial charge in [0.05, 0.1) is 23.5 Å². The van der Waals surface area contributed by atoms with E-state index in [4.69, 9.17) is 0 Å². The fourth-order valence-corrected chi connectivity index (χ4v) is 1.53. The molecule has 0 aliphatic carbocycles. The van der Waals surface area contributed by atoms with Crippen molar-refractivity contribution in [3.8, 4) is 11.4 Å². The van der Waals surface area contributed by atoms with Crippen LogP contribution in [0.15, 0.2) is 31.1 Å². The van der Waals surface area contributed by atoms with Gasteiger partial charge in [-0.1, -0.05) is 0 Å². The van der Waals surface area contributed by atoms with Gasteiger partial charge in [-0.3, -0.25) is 4.98 Å². The van der Waals surface area contributed by atoms with Crippen LogP contribution in [0.1, 0.15) is 0 Å². The Morgan fingerprint density at radius 1 is 1.27 bits per heavy atom. The Kier molecular flexibility index (Phi) is 1.55. The molecule has 0 N–H and O–H groups in total. The molecule has 0 amide bonds. The van der Waals surface area contributed by atoms with E-state index in [1.807, 2.05) is 11.6 Å². The van der Waals surface area contributed by atoms with Gasteiger partial charge in [0, 0.05) is 19.4 Å². The summed E-state index contributed by atoms with van der Waals surface area (Å²) < 4.78 is 3.61. The summed E-state index contributed by atoms with van der Waals surface area (Å²) in [5.41, 5.74) is 1.86. The largest absolute Gasteiger partial charge is 0.317 e. The van der Waals surface area contributed by atoms with E-state index in [0.29, 0.717) is 0 Å². The molecule has 0 aliphatic rings. The molecule has 74 valence electrons. The van der Waals surface area contributed by atoms with Crippen molar-refractivity contribution in [1.82, 2.24) is 29.4 Å². The Morgan fingerprint density at radius 2 is 2.20 bits per heavy atom. The summed E-state index contributed by atoms with van der Waals surface area (Å²) in [6.07, 6.45) is 8.68. The lowest BCUT2D eigenvalue weighted by atomic mass is 10.3. The van der Waals surface area contributed by atoms with E-state index in [1.54, 1.807) is 35.6 Å². The molecule has 0 unspecified atom stereocenters. The summed E-state index contributed by atoms with van der Waals surface area (Å²) in [5.74, 6) is 0.790. The number of hydrogen-bond donors (Lipinski definition) is 0. The Hall–Kier alpha value is -2.24. The third-order valence-corrected chi connectivity index (χ3v) is 2.28. The quantitative estimate of drug-likeness (QED) is 0.574. The van der Waals surface area contributed by atoms with E-state index in [-0.39, 0.29) is 0 Å². The zero-order chi connectivity index (χ0) is 10.3. The summed E-state index contributed by atoms with van der Waals surface area (Å²) >= 11 is 0. The van der Waals surface area contributed by atoms with Crippen LogP contribution >= 0.6 is 0 Å². The maximum atomic E-state index is 4.21. The second-order valence-corrected chi connectivity index (χ2v) is 3.23. The molecule has 6 heteroatoms. The SMILES string of the molecule is Cn1cnnc1-c1cnn2ccncc12. The average molecular weight is 200 g/mol. The fourth-order valence-electron chi connectivity index (χ4n) is 1.53. The van der Waals surface area contributed by atoms with Crippen molar-refractivity contribution in [1.29, 1.82) is 0 Å². The van der Waals surface area contributed by atoms with Crippen molar-refractivity contribution in [2.24, 2.45) is 7.05 Å². The summed E-state index contributed by atoms with van der Waals surface area (Å²) in [4.78, 5) is 4.07. The lowest BCUT2D eigenvalue weighted by Crippen LogP contribution is -1.91. The van der Waals surface area contributed by atoms with Gasteiger partial charge in [0.25, 0.3) is 0 Å². The van der Waals surface area contributed by atoms with Crippen LogP contribution < -0.4 is 0 Å². The average Bonchev–Trinajstić information content (AvgIpc) is 2.83. The third kappa shape index (κ3) is 1.11.